The van der Waals surface area contributed by atoms with Gasteiger partial charge in [0, 0.05) is 27.4 Å². The lowest BCUT2D eigenvalue weighted by atomic mass is 10.5. The first-order valence-electron chi connectivity index (χ1n) is 6.70. The van der Waals surface area contributed by atoms with Gasteiger partial charge >= 0.3 is 15.3 Å². The summed E-state index contributed by atoms with van der Waals surface area (Å²) in [4.78, 5) is 10.9. The molecule has 0 heterocycles. The predicted octanol–water partition coefficient (Wildman–Crippen LogP) is 2.48. The van der Waals surface area contributed by atoms with E-state index in [2.05, 4.69) is 19.6 Å². The smallest absolute Gasteiger partial charge is 0.330 e. The fraction of sp³-hybridized carbons (Fsp3) is 0.769. The lowest BCUT2D eigenvalue weighted by molar-refractivity contribution is -0.137. The van der Waals surface area contributed by atoms with Crippen molar-refractivity contribution in [2.75, 3.05) is 27.9 Å². The van der Waals surface area contributed by atoms with Crippen molar-refractivity contribution in [1.29, 1.82) is 0 Å². The van der Waals surface area contributed by atoms with Gasteiger partial charge in [0.2, 0.25) is 0 Å². The Morgan fingerprint density at radius 3 is 2.00 bits per heavy atom. The molecule has 0 aromatic rings. The number of carbonyl (C=O) groups excluding carboxylic acids is 1. The summed E-state index contributed by atoms with van der Waals surface area (Å²) in [7, 11) is 2.45. The summed E-state index contributed by atoms with van der Waals surface area (Å²) in [6, 6.07) is 0.857. The second-order valence-electron chi connectivity index (χ2n) is 5.03. The van der Waals surface area contributed by atoms with E-state index < -0.39 is 17.6 Å². The van der Waals surface area contributed by atoms with E-state index in [1.807, 2.05) is 0 Å². The van der Waals surface area contributed by atoms with Crippen LogP contribution in [0.5, 0.6) is 0 Å². The zero-order valence-corrected chi connectivity index (χ0v) is 16.0. The zero-order valence-electron chi connectivity index (χ0n) is 13.9. The number of carbonyl (C=O) groups is 1. The third-order valence-corrected chi connectivity index (χ3v) is 5.43. The number of rotatable bonds is 8. The Labute approximate surface area is 126 Å². The minimum atomic E-state index is -1.48. The Hall–Kier alpha value is -0.476. The van der Waals surface area contributed by atoms with Gasteiger partial charge in [-0.1, -0.05) is 6.08 Å². The van der Waals surface area contributed by atoms with E-state index >= 15 is 0 Å². The van der Waals surface area contributed by atoms with Crippen LogP contribution in [0.2, 0.25) is 25.7 Å². The molecule has 0 atom stereocenters. The van der Waals surface area contributed by atoms with E-state index in [0.29, 0.717) is 6.61 Å². The molecular weight excluding hydrogens is 292 g/mol. The van der Waals surface area contributed by atoms with E-state index in [4.69, 9.17) is 18.0 Å². The third-order valence-electron chi connectivity index (χ3n) is 2.27. The van der Waals surface area contributed by atoms with E-state index in [1.165, 1.54) is 6.08 Å². The Bertz CT molecular complexity index is 260. The van der Waals surface area contributed by atoms with Crippen LogP contribution in [-0.2, 0) is 22.8 Å². The Morgan fingerprint density at radius 1 is 1.15 bits per heavy atom. The first-order chi connectivity index (χ1) is 9.30. The molecule has 0 fully saturated rings. The van der Waals surface area contributed by atoms with Gasteiger partial charge in [-0.15, -0.1) is 0 Å². The van der Waals surface area contributed by atoms with Crippen LogP contribution in [0.4, 0.5) is 0 Å². The van der Waals surface area contributed by atoms with E-state index in [0.717, 1.165) is 12.5 Å². The highest BCUT2D eigenvalue weighted by atomic mass is 28.4. The molecule has 20 heavy (non-hydrogen) atoms. The summed E-state index contributed by atoms with van der Waals surface area (Å²) < 4.78 is 20.2. The normalized spacial score (nSPS) is 11.4. The lowest BCUT2D eigenvalue weighted by Crippen LogP contribution is -2.22. The van der Waals surface area contributed by atoms with Crippen LogP contribution in [0.3, 0.4) is 0 Å². The molecule has 0 saturated heterocycles. The van der Waals surface area contributed by atoms with Crippen molar-refractivity contribution in [3.63, 3.8) is 0 Å². The molecule has 0 saturated carbocycles. The van der Waals surface area contributed by atoms with Crippen LogP contribution < -0.4 is 0 Å². The van der Waals surface area contributed by atoms with Gasteiger partial charge in [-0.05, 0) is 39.0 Å². The van der Waals surface area contributed by atoms with Crippen molar-refractivity contribution in [1.82, 2.24) is 0 Å². The van der Waals surface area contributed by atoms with Crippen molar-refractivity contribution in [2.45, 2.75) is 39.0 Å². The second-order valence-corrected chi connectivity index (χ2v) is 12.0. The van der Waals surface area contributed by atoms with Crippen LogP contribution in [0.25, 0.3) is 0 Å². The van der Waals surface area contributed by atoms with E-state index in [1.54, 1.807) is 34.3 Å². The average Bonchev–Trinajstić information content (AvgIpc) is 2.39. The van der Waals surface area contributed by atoms with Gasteiger partial charge < -0.3 is 18.0 Å². The molecule has 0 aromatic heterocycles. The number of allylic oxidation sites excluding steroid dienone is 1. The fourth-order valence-electron chi connectivity index (χ4n) is 0.939. The van der Waals surface area contributed by atoms with Crippen molar-refractivity contribution in [2.24, 2.45) is 0 Å². The Kier molecular flexibility index (Phi) is 14.7. The minimum absolute atomic E-state index is 0.291. The molecule has 0 amide bonds. The summed E-state index contributed by atoms with van der Waals surface area (Å²) in [6.45, 7) is 8.69. The molecule has 0 radical (unpaired) electrons. The first-order valence-corrected chi connectivity index (χ1v) is 11.9. The Morgan fingerprint density at radius 2 is 1.65 bits per heavy atom. The van der Waals surface area contributed by atoms with E-state index in [9.17, 15) is 4.79 Å². The maximum Gasteiger partial charge on any atom is 0.330 e. The molecule has 0 aromatic carbocycles. The summed E-state index contributed by atoms with van der Waals surface area (Å²) in [5, 5.41) is 0. The monoisotopic (exact) mass is 322 g/mol. The highest BCUT2D eigenvalue weighted by molar-refractivity contribution is 6.69. The maximum absolute atomic E-state index is 10.9. The van der Waals surface area contributed by atoms with Crippen LogP contribution in [-0.4, -0.2) is 51.5 Å². The van der Waals surface area contributed by atoms with Crippen molar-refractivity contribution < 1.29 is 22.8 Å². The van der Waals surface area contributed by atoms with Crippen LogP contribution in [0.1, 0.15) is 13.3 Å². The zero-order chi connectivity index (χ0) is 16.0. The second kappa shape index (κ2) is 13.5. The molecule has 0 spiro atoms. The van der Waals surface area contributed by atoms with Crippen molar-refractivity contribution in [3.8, 4) is 0 Å². The Balaban J connectivity index is 0. The third kappa shape index (κ3) is 17.5. The van der Waals surface area contributed by atoms with Crippen molar-refractivity contribution >= 4 is 23.6 Å². The molecule has 0 N–H and O–H groups in total. The predicted molar refractivity (Wildman–Crippen MR) is 86.7 cm³/mol. The highest BCUT2D eigenvalue weighted by Gasteiger charge is 2.09. The lowest BCUT2D eigenvalue weighted by Gasteiger charge is -2.10. The average molecular weight is 323 g/mol. The summed E-state index contributed by atoms with van der Waals surface area (Å²) in [6.07, 6.45) is 3.85. The fourth-order valence-corrected chi connectivity index (χ4v) is 2.10. The van der Waals surface area contributed by atoms with Gasteiger partial charge in [0.05, 0.1) is 6.61 Å². The number of esters is 1. The van der Waals surface area contributed by atoms with Crippen molar-refractivity contribution in [3.05, 3.63) is 12.2 Å². The summed E-state index contributed by atoms with van der Waals surface area (Å²) in [5.41, 5.74) is 0. The molecule has 0 bridgehead atoms. The highest BCUT2D eigenvalue weighted by Crippen LogP contribution is 2.00. The standard InChI is InChI=1S/C9H18O4Si.C4H12OSi/c1-4-6-9(10)13-7-5-8-14(11-2)12-3;1-5-6(2,3)4/h4,6,14H,5,7-8H2,1-3H3;1-4H3. The number of ether oxygens (including phenoxy) is 1. The molecule has 0 aliphatic carbocycles. The van der Waals surface area contributed by atoms with Crippen LogP contribution >= 0.6 is 0 Å². The first kappa shape index (κ1) is 21.8. The largest absolute Gasteiger partial charge is 0.463 e. The number of hydrogen-bond donors (Lipinski definition) is 0. The molecule has 0 aliphatic heterocycles. The molecule has 0 rings (SSSR count). The molecular formula is C13H30O5Si2. The van der Waals surface area contributed by atoms with Crippen LogP contribution in [0.15, 0.2) is 12.2 Å². The van der Waals surface area contributed by atoms with Gasteiger partial charge in [0.15, 0.2) is 8.32 Å². The topological polar surface area (TPSA) is 54.0 Å². The van der Waals surface area contributed by atoms with Gasteiger partial charge in [-0.25, -0.2) is 4.79 Å². The molecule has 120 valence electrons. The quantitative estimate of drug-likeness (QED) is 0.297. The molecule has 0 aliphatic rings. The molecule has 5 nitrogen and oxygen atoms in total. The summed E-state index contributed by atoms with van der Waals surface area (Å²) >= 11 is 0. The maximum atomic E-state index is 10.9. The number of hydrogen-bond acceptors (Lipinski definition) is 5. The van der Waals surface area contributed by atoms with Gasteiger partial charge in [-0.2, -0.15) is 0 Å². The minimum Gasteiger partial charge on any atom is -0.463 e. The van der Waals surface area contributed by atoms with Gasteiger partial charge in [0.25, 0.3) is 0 Å². The molecule has 7 heteroatoms. The van der Waals surface area contributed by atoms with Crippen LogP contribution in [0, 0.1) is 0 Å². The van der Waals surface area contributed by atoms with Gasteiger partial charge in [-0.3, -0.25) is 0 Å². The van der Waals surface area contributed by atoms with E-state index in [-0.39, 0.29) is 5.97 Å². The SMILES string of the molecule is CC=CC(=O)OCCC[SiH](OC)OC.CO[Si](C)(C)C. The summed E-state index contributed by atoms with van der Waals surface area (Å²) in [5.74, 6) is -0.291. The van der Waals surface area contributed by atoms with Gasteiger partial charge in [0.1, 0.15) is 0 Å². The molecule has 0 unspecified atom stereocenters.